The van der Waals surface area contributed by atoms with E-state index < -0.39 is 0 Å². The van der Waals surface area contributed by atoms with Gasteiger partial charge in [-0.1, -0.05) is 5.21 Å². The van der Waals surface area contributed by atoms with Crippen molar-refractivity contribution in [2.24, 2.45) is 7.05 Å². The molecule has 0 aliphatic carbocycles. The first-order chi connectivity index (χ1) is 7.74. The summed E-state index contributed by atoms with van der Waals surface area (Å²) in [5.41, 5.74) is 8.97. The first-order valence-electron chi connectivity index (χ1n) is 4.84. The molecule has 0 saturated carbocycles. The third kappa shape index (κ3) is 1.23. The predicted octanol–water partition coefficient (Wildman–Crippen LogP) is 0.941. The van der Waals surface area contributed by atoms with Crippen LogP contribution in [0.25, 0.3) is 22.4 Å². The highest BCUT2D eigenvalue weighted by atomic mass is 15.4. The van der Waals surface area contributed by atoms with E-state index in [9.17, 15) is 0 Å². The third-order valence-electron chi connectivity index (χ3n) is 2.44. The van der Waals surface area contributed by atoms with E-state index >= 15 is 0 Å². The van der Waals surface area contributed by atoms with E-state index in [0.29, 0.717) is 5.69 Å². The topological polar surface area (TPSA) is 85.4 Å². The Bertz CT molecular complexity index is 650. The number of aryl methyl sites for hydroxylation is 1. The van der Waals surface area contributed by atoms with Gasteiger partial charge in [-0.25, -0.2) is 4.98 Å². The lowest BCUT2D eigenvalue weighted by atomic mass is 10.2. The lowest BCUT2D eigenvalue weighted by Crippen LogP contribution is -1.85. The molecule has 3 aromatic heterocycles. The fraction of sp³-hybridized carbons (Fsp3) is 0.100. The highest BCUT2D eigenvalue weighted by Crippen LogP contribution is 2.24. The Morgan fingerprint density at radius 1 is 1.44 bits per heavy atom. The van der Waals surface area contributed by atoms with E-state index in [1.807, 2.05) is 19.3 Å². The van der Waals surface area contributed by atoms with Crippen molar-refractivity contribution in [3.05, 3.63) is 24.5 Å². The summed E-state index contributed by atoms with van der Waals surface area (Å²) in [7, 11) is 1.83. The van der Waals surface area contributed by atoms with Crippen LogP contribution >= 0.6 is 0 Å². The van der Waals surface area contributed by atoms with Gasteiger partial charge in [-0.2, -0.15) is 0 Å². The van der Waals surface area contributed by atoms with Crippen LogP contribution in [0.1, 0.15) is 0 Å². The summed E-state index contributed by atoms with van der Waals surface area (Å²) < 4.78 is 1.65. The Balaban J connectivity index is 2.22. The maximum Gasteiger partial charge on any atom is 0.139 e. The van der Waals surface area contributed by atoms with Crippen molar-refractivity contribution in [3.8, 4) is 11.4 Å². The molecule has 16 heavy (non-hydrogen) atoms. The number of rotatable bonds is 1. The maximum absolute atomic E-state index is 5.85. The summed E-state index contributed by atoms with van der Waals surface area (Å²) in [6.07, 6.45) is 3.51. The van der Waals surface area contributed by atoms with Crippen LogP contribution in [0.15, 0.2) is 24.5 Å². The minimum atomic E-state index is 0.705. The number of nitrogens with two attached hydrogens (primary N) is 1. The number of aromatic amines is 1. The number of nitrogens with one attached hydrogen (secondary N) is 1. The molecule has 0 saturated heterocycles. The van der Waals surface area contributed by atoms with Crippen LogP contribution in [0, 0.1) is 0 Å². The monoisotopic (exact) mass is 214 g/mol. The number of hydrogen-bond donors (Lipinski definition) is 2. The molecule has 0 aromatic carbocycles. The molecule has 0 bridgehead atoms. The second-order valence-electron chi connectivity index (χ2n) is 3.62. The van der Waals surface area contributed by atoms with E-state index in [0.717, 1.165) is 22.4 Å². The van der Waals surface area contributed by atoms with Gasteiger partial charge in [-0.15, -0.1) is 5.10 Å². The Morgan fingerprint density at radius 2 is 2.31 bits per heavy atom. The lowest BCUT2D eigenvalue weighted by Gasteiger charge is -1.91. The minimum Gasteiger partial charge on any atom is -0.398 e. The molecular weight excluding hydrogens is 204 g/mol. The van der Waals surface area contributed by atoms with Gasteiger partial charge in [0.1, 0.15) is 11.3 Å². The number of H-pyrrole nitrogens is 1. The van der Waals surface area contributed by atoms with Crippen molar-refractivity contribution < 1.29 is 0 Å². The second-order valence-corrected chi connectivity index (χ2v) is 3.62. The summed E-state index contributed by atoms with van der Waals surface area (Å²) in [4.78, 5) is 7.36. The molecule has 3 rings (SSSR count). The molecule has 0 aliphatic rings. The van der Waals surface area contributed by atoms with Gasteiger partial charge in [0.25, 0.3) is 0 Å². The average molecular weight is 214 g/mol. The molecule has 3 heterocycles. The van der Waals surface area contributed by atoms with Gasteiger partial charge in [0.05, 0.1) is 11.9 Å². The summed E-state index contributed by atoms with van der Waals surface area (Å²) in [6, 6.07) is 3.71. The molecule has 0 fully saturated rings. The van der Waals surface area contributed by atoms with Gasteiger partial charge in [0.15, 0.2) is 0 Å². The van der Waals surface area contributed by atoms with Crippen molar-refractivity contribution in [1.82, 2.24) is 25.0 Å². The first-order valence-corrected chi connectivity index (χ1v) is 4.84. The fourth-order valence-electron chi connectivity index (χ4n) is 1.66. The number of fused-ring (bicyclic) bond motifs is 1. The number of nitrogens with zero attached hydrogens (tertiary/aromatic N) is 4. The van der Waals surface area contributed by atoms with Crippen LogP contribution in [0.3, 0.4) is 0 Å². The Labute approximate surface area is 91.1 Å². The van der Waals surface area contributed by atoms with E-state index in [4.69, 9.17) is 5.73 Å². The standard InChI is InChI=1S/C10H10N6/c1-16-5-9(14-15-16)8-4-6-7(11)2-3-12-10(6)13-8/h2-5H,1H3,(H3,11,12,13). The molecule has 0 aliphatic heterocycles. The fourth-order valence-corrected chi connectivity index (χ4v) is 1.66. The van der Waals surface area contributed by atoms with Crippen LogP contribution in [-0.4, -0.2) is 25.0 Å². The SMILES string of the molecule is Cn1cc(-c2cc3c(N)ccnc3[nH]2)nn1. The summed E-state index contributed by atoms with van der Waals surface area (Å²) >= 11 is 0. The van der Waals surface area contributed by atoms with Crippen LogP contribution < -0.4 is 5.73 Å². The Morgan fingerprint density at radius 3 is 3.00 bits per heavy atom. The van der Waals surface area contributed by atoms with Crippen molar-refractivity contribution in [2.45, 2.75) is 0 Å². The van der Waals surface area contributed by atoms with E-state index in [2.05, 4.69) is 20.3 Å². The third-order valence-corrected chi connectivity index (χ3v) is 2.44. The molecular formula is C10H10N6. The zero-order chi connectivity index (χ0) is 11.1. The maximum atomic E-state index is 5.85. The van der Waals surface area contributed by atoms with Gasteiger partial charge in [0, 0.05) is 24.3 Å². The summed E-state index contributed by atoms with van der Waals surface area (Å²) in [5, 5.41) is 8.81. The molecule has 0 amide bonds. The van der Waals surface area contributed by atoms with Crippen LogP contribution in [0.5, 0.6) is 0 Å². The van der Waals surface area contributed by atoms with Crippen LogP contribution in [0.2, 0.25) is 0 Å². The molecule has 0 unspecified atom stereocenters. The Hall–Kier alpha value is -2.37. The number of hydrogen-bond acceptors (Lipinski definition) is 4. The molecule has 6 heteroatoms. The largest absolute Gasteiger partial charge is 0.398 e. The van der Waals surface area contributed by atoms with Crippen LogP contribution in [0.4, 0.5) is 5.69 Å². The van der Waals surface area contributed by atoms with E-state index in [1.165, 1.54) is 0 Å². The quantitative estimate of drug-likeness (QED) is 0.631. The summed E-state index contributed by atoms with van der Waals surface area (Å²) in [5.74, 6) is 0. The highest BCUT2D eigenvalue weighted by Gasteiger charge is 2.08. The minimum absolute atomic E-state index is 0.705. The molecule has 6 nitrogen and oxygen atoms in total. The van der Waals surface area contributed by atoms with E-state index in [1.54, 1.807) is 16.9 Å². The first kappa shape index (κ1) is 8.90. The lowest BCUT2D eigenvalue weighted by molar-refractivity contribution is 0.715. The van der Waals surface area contributed by atoms with Crippen molar-refractivity contribution >= 4 is 16.7 Å². The zero-order valence-corrected chi connectivity index (χ0v) is 8.68. The molecule has 0 atom stereocenters. The molecule has 80 valence electrons. The number of aromatic nitrogens is 5. The van der Waals surface area contributed by atoms with Gasteiger partial charge in [0.2, 0.25) is 0 Å². The van der Waals surface area contributed by atoms with Gasteiger partial charge in [-0.3, -0.25) is 4.68 Å². The van der Waals surface area contributed by atoms with Crippen molar-refractivity contribution in [1.29, 1.82) is 0 Å². The van der Waals surface area contributed by atoms with Gasteiger partial charge < -0.3 is 10.7 Å². The number of anilines is 1. The molecule has 0 radical (unpaired) electrons. The van der Waals surface area contributed by atoms with Gasteiger partial charge in [-0.05, 0) is 12.1 Å². The zero-order valence-electron chi connectivity index (χ0n) is 8.68. The Kier molecular flexibility index (Phi) is 1.70. The van der Waals surface area contributed by atoms with Crippen molar-refractivity contribution in [3.63, 3.8) is 0 Å². The second kappa shape index (κ2) is 3.06. The smallest absolute Gasteiger partial charge is 0.139 e. The van der Waals surface area contributed by atoms with Gasteiger partial charge >= 0.3 is 0 Å². The van der Waals surface area contributed by atoms with Crippen molar-refractivity contribution in [2.75, 3.05) is 5.73 Å². The normalized spacial score (nSPS) is 11.1. The highest BCUT2D eigenvalue weighted by molar-refractivity contribution is 5.91. The van der Waals surface area contributed by atoms with Crippen LogP contribution in [-0.2, 0) is 7.05 Å². The molecule has 0 spiro atoms. The average Bonchev–Trinajstić information content (AvgIpc) is 2.84. The summed E-state index contributed by atoms with van der Waals surface area (Å²) in [6.45, 7) is 0. The number of pyridine rings is 1. The predicted molar refractivity (Wildman–Crippen MR) is 60.5 cm³/mol. The van der Waals surface area contributed by atoms with E-state index in [-0.39, 0.29) is 0 Å². The molecule has 3 N–H and O–H groups in total. The molecule has 3 aromatic rings. The number of nitrogen functional groups attached to an aromatic ring is 1.